The van der Waals surface area contributed by atoms with Gasteiger partial charge in [-0.25, -0.2) is 0 Å². The van der Waals surface area contributed by atoms with Crippen molar-refractivity contribution in [1.29, 1.82) is 0 Å². The van der Waals surface area contributed by atoms with Crippen molar-refractivity contribution in [3.63, 3.8) is 0 Å². The molecule has 16 heavy (non-hydrogen) atoms. The Hall–Kier alpha value is -2.18. The van der Waals surface area contributed by atoms with Gasteiger partial charge >= 0.3 is 6.61 Å². The van der Waals surface area contributed by atoms with E-state index in [1.807, 2.05) is 0 Å². The highest BCUT2D eigenvalue weighted by molar-refractivity contribution is 6.35. The number of halogens is 2. The monoisotopic (exact) mass is 227 g/mol. The predicted molar refractivity (Wildman–Crippen MR) is 50.2 cm³/mol. The van der Waals surface area contributed by atoms with Gasteiger partial charge in [-0.2, -0.15) is 24.6 Å². The van der Waals surface area contributed by atoms with Crippen LogP contribution >= 0.6 is 0 Å². The normalized spacial score (nSPS) is 10.7. The summed E-state index contributed by atoms with van der Waals surface area (Å²) in [4.78, 5) is 11.2. The van der Waals surface area contributed by atoms with Gasteiger partial charge in [0.05, 0.1) is 0 Å². The molecule has 1 rings (SSSR count). The van der Waals surface area contributed by atoms with E-state index >= 15 is 0 Å². The molecular formula is C9H7F2N3O2. The maximum absolute atomic E-state index is 11.8. The fourth-order valence-corrected chi connectivity index (χ4v) is 0.963. The Labute approximate surface area is 89.2 Å². The summed E-state index contributed by atoms with van der Waals surface area (Å²) in [5.74, 6) is -0.520. The minimum atomic E-state index is -2.90. The van der Waals surface area contributed by atoms with Crippen LogP contribution in [0.2, 0.25) is 0 Å². The summed E-state index contributed by atoms with van der Waals surface area (Å²) in [7, 11) is 0. The predicted octanol–water partition coefficient (Wildman–Crippen LogP) is 0.559. The molecule has 0 atom stereocenters. The van der Waals surface area contributed by atoms with Gasteiger partial charge in [0.15, 0.2) is 5.78 Å². The third-order valence-electron chi connectivity index (χ3n) is 1.60. The van der Waals surface area contributed by atoms with Gasteiger partial charge in [0.2, 0.25) is 0 Å². The highest BCUT2D eigenvalue weighted by atomic mass is 19.3. The lowest BCUT2D eigenvalue weighted by Crippen LogP contribution is -2.54. The van der Waals surface area contributed by atoms with Crippen LogP contribution in [0, 0.1) is 0 Å². The molecule has 0 bridgehead atoms. The molecule has 7 heteroatoms. The van der Waals surface area contributed by atoms with E-state index in [0.29, 0.717) is 0 Å². The van der Waals surface area contributed by atoms with Crippen LogP contribution in [0.5, 0.6) is 5.75 Å². The summed E-state index contributed by atoms with van der Waals surface area (Å²) < 4.78 is 27.7. The molecule has 0 saturated heterocycles. The number of hydrogen-bond donors (Lipinski definition) is 1. The number of alkyl halides is 2. The highest BCUT2D eigenvalue weighted by Crippen LogP contribution is 2.14. The Morgan fingerprint density at radius 1 is 1.44 bits per heavy atom. The minimum Gasteiger partial charge on any atom is -0.435 e. The number of hydrazone groups is 1. The fraction of sp³-hybridized carbons (Fsp3) is 0.111. The zero-order valence-electron chi connectivity index (χ0n) is 7.93. The lowest BCUT2D eigenvalue weighted by Gasteiger charge is -2.03. The molecule has 1 N–H and O–H groups in total. The number of carbonyl (C=O) groups is 1. The van der Waals surface area contributed by atoms with Gasteiger partial charge in [-0.15, -0.1) is 0 Å². The molecule has 0 aliphatic heterocycles. The minimum absolute atomic E-state index is 0.0382. The molecule has 5 nitrogen and oxygen atoms in total. The maximum Gasteiger partial charge on any atom is 0.387 e. The van der Waals surface area contributed by atoms with Gasteiger partial charge < -0.3 is 4.74 Å². The summed E-state index contributed by atoms with van der Waals surface area (Å²) >= 11 is 0. The molecule has 0 unspecified atom stereocenters. The first kappa shape index (κ1) is 11.9. The Morgan fingerprint density at radius 2 is 2.06 bits per heavy atom. The van der Waals surface area contributed by atoms with Crippen molar-refractivity contribution in [2.75, 3.05) is 0 Å². The van der Waals surface area contributed by atoms with Gasteiger partial charge in [0.1, 0.15) is 5.75 Å². The van der Waals surface area contributed by atoms with E-state index in [4.69, 9.17) is 5.53 Å². The standard InChI is InChI=1S/C9H7F2N3O2/c10-9(11)16-7-3-1-6(2-4-7)8(15)5-13-14-12/h1-5,9,14H. The second-order valence-electron chi connectivity index (χ2n) is 2.63. The van der Waals surface area contributed by atoms with E-state index in [-0.39, 0.29) is 11.3 Å². The smallest absolute Gasteiger partial charge is 0.387 e. The first-order valence-corrected chi connectivity index (χ1v) is 4.15. The van der Waals surface area contributed by atoms with Crippen molar-refractivity contribution < 1.29 is 23.5 Å². The quantitative estimate of drug-likeness (QED) is 0.345. The number of benzene rings is 1. The van der Waals surface area contributed by atoms with Crippen molar-refractivity contribution in [3.05, 3.63) is 35.4 Å². The molecule has 0 heterocycles. The van der Waals surface area contributed by atoms with Crippen molar-refractivity contribution in [2.24, 2.45) is 5.10 Å². The fourth-order valence-electron chi connectivity index (χ4n) is 0.963. The number of carbonyl (C=O) groups excluding carboxylic acids is 1. The third-order valence-corrected chi connectivity index (χ3v) is 1.60. The van der Waals surface area contributed by atoms with Crippen molar-refractivity contribution in [1.82, 2.24) is 0 Å². The Morgan fingerprint density at radius 3 is 2.56 bits per heavy atom. The maximum atomic E-state index is 11.8. The van der Waals surface area contributed by atoms with E-state index in [2.05, 4.69) is 9.84 Å². The molecule has 84 valence electrons. The molecule has 0 aliphatic rings. The summed E-state index contributed by atoms with van der Waals surface area (Å²) in [6.45, 7) is -2.90. The molecule has 1 aromatic rings. The van der Waals surface area contributed by atoms with Gasteiger partial charge in [-0.3, -0.25) is 4.79 Å². The lowest BCUT2D eigenvalue weighted by atomic mass is 10.1. The summed E-state index contributed by atoms with van der Waals surface area (Å²) in [5, 5.41) is 4.53. The van der Waals surface area contributed by atoms with Crippen molar-refractivity contribution in [2.45, 2.75) is 6.61 Å². The van der Waals surface area contributed by atoms with Crippen LogP contribution in [-0.2, 0) is 0 Å². The summed E-state index contributed by atoms with van der Waals surface area (Å²) in [6, 6.07) is 5.09. The molecule has 0 saturated carbocycles. The topological polar surface area (TPSA) is 74.9 Å². The average molecular weight is 227 g/mol. The van der Waals surface area contributed by atoms with Crippen LogP contribution in [0.3, 0.4) is 0 Å². The van der Waals surface area contributed by atoms with Crippen LogP contribution in [0.25, 0.3) is 5.53 Å². The zero-order chi connectivity index (χ0) is 12.0. The van der Waals surface area contributed by atoms with Crippen molar-refractivity contribution >= 4 is 12.0 Å². The van der Waals surface area contributed by atoms with Gasteiger partial charge in [0.25, 0.3) is 0 Å². The van der Waals surface area contributed by atoms with E-state index in [9.17, 15) is 13.6 Å². The molecular weight excluding hydrogens is 220 g/mol. The third kappa shape index (κ3) is 3.52. The number of Topliss-reactive ketones (excluding diaryl/α,β-unsaturated/α-hetero) is 1. The number of rotatable bonds is 5. The highest BCUT2D eigenvalue weighted by Gasteiger charge is 2.05. The van der Waals surface area contributed by atoms with Crippen molar-refractivity contribution in [3.8, 4) is 5.75 Å². The van der Waals surface area contributed by atoms with Crippen LogP contribution in [0.15, 0.2) is 29.4 Å². The molecule has 1 aromatic carbocycles. The lowest BCUT2D eigenvalue weighted by molar-refractivity contribution is -0.485. The second-order valence-corrected chi connectivity index (χ2v) is 2.63. The molecule has 0 radical (unpaired) electrons. The number of ether oxygens (including phenoxy) is 1. The zero-order valence-corrected chi connectivity index (χ0v) is 7.93. The average Bonchev–Trinajstić information content (AvgIpc) is 2.26. The first-order valence-electron chi connectivity index (χ1n) is 4.15. The Kier molecular flexibility index (Phi) is 4.19. The molecule has 0 amide bonds. The number of nitrogens with one attached hydrogen (secondary N) is 1. The SMILES string of the molecule is [N-]=[NH+]N=CC(=O)c1ccc(OC(F)F)cc1. The summed E-state index contributed by atoms with van der Waals surface area (Å²) in [6.07, 6.45) is 0.850. The largest absolute Gasteiger partial charge is 0.435 e. The number of ketones is 1. The van der Waals surface area contributed by atoms with Crippen LogP contribution in [0.4, 0.5) is 8.78 Å². The van der Waals surface area contributed by atoms with E-state index < -0.39 is 12.4 Å². The number of nitrogens with zero attached hydrogens (tertiary/aromatic N) is 2. The molecule has 0 aromatic heterocycles. The van der Waals surface area contributed by atoms with Crippen LogP contribution in [-0.4, -0.2) is 18.6 Å². The van der Waals surface area contributed by atoms with E-state index in [0.717, 1.165) is 6.21 Å². The number of hydrogen-bond acceptors (Lipinski definition) is 2. The molecule has 0 aliphatic carbocycles. The Bertz CT molecular complexity index is 404. The second kappa shape index (κ2) is 5.64. The van der Waals surface area contributed by atoms with Gasteiger partial charge in [-0.1, -0.05) is 0 Å². The molecule has 0 fully saturated rings. The van der Waals surface area contributed by atoms with Crippen LogP contribution < -0.4 is 9.96 Å². The van der Waals surface area contributed by atoms with Gasteiger partial charge in [0, 0.05) is 11.8 Å². The van der Waals surface area contributed by atoms with Gasteiger partial charge in [-0.05, 0) is 24.3 Å². The molecule has 0 spiro atoms. The van der Waals surface area contributed by atoms with E-state index in [1.54, 1.807) is 0 Å². The summed E-state index contributed by atoms with van der Waals surface area (Å²) in [5.41, 5.74) is 8.34. The van der Waals surface area contributed by atoms with E-state index in [1.165, 1.54) is 29.5 Å². The van der Waals surface area contributed by atoms with Crippen LogP contribution in [0.1, 0.15) is 10.4 Å². The first-order chi connectivity index (χ1) is 7.63. The Balaban J connectivity index is 2.74.